The van der Waals surface area contributed by atoms with E-state index in [1.165, 1.54) is 22.3 Å². The van der Waals surface area contributed by atoms with Gasteiger partial charge in [0.05, 0.1) is 0 Å². The first-order chi connectivity index (χ1) is 13.3. The van der Waals surface area contributed by atoms with Crippen molar-refractivity contribution in [1.29, 1.82) is 0 Å². The van der Waals surface area contributed by atoms with Crippen LogP contribution in [0.2, 0.25) is 5.02 Å². The summed E-state index contributed by atoms with van der Waals surface area (Å²) >= 11 is 7.62. The number of allylic oxidation sites excluding steroid dienone is 3. The zero-order chi connectivity index (χ0) is 20.7. The molecule has 0 saturated heterocycles. The summed E-state index contributed by atoms with van der Waals surface area (Å²) in [4.78, 5) is 12.6. The number of ketones is 1. The van der Waals surface area contributed by atoms with Crippen LogP contribution in [0.3, 0.4) is 0 Å². The first kappa shape index (κ1) is 22.3. The monoisotopic (exact) mass is 410 g/mol. The van der Waals surface area contributed by atoms with Crippen LogP contribution in [0, 0.1) is 13.8 Å². The molecule has 0 aliphatic rings. The molecule has 28 heavy (non-hydrogen) atoms. The normalized spacial score (nSPS) is 11.8. The van der Waals surface area contributed by atoms with Crippen molar-refractivity contribution in [3.05, 3.63) is 92.2 Å². The Labute approximate surface area is 178 Å². The van der Waals surface area contributed by atoms with E-state index in [4.69, 9.17) is 11.6 Å². The average Bonchev–Trinajstić information content (AvgIpc) is 2.67. The number of hydrogen-bond donors (Lipinski definition) is 0. The molecule has 146 valence electrons. The summed E-state index contributed by atoms with van der Waals surface area (Å²) in [5, 5.41) is 2.89. The fourth-order valence-electron chi connectivity index (χ4n) is 2.78. The van der Waals surface area contributed by atoms with Crippen molar-refractivity contribution in [2.75, 3.05) is 0 Å². The molecule has 0 atom stereocenters. The van der Waals surface area contributed by atoms with Gasteiger partial charge in [0.25, 0.3) is 0 Å². The minimum atomic E-state index is 0.147. The Kier molecular flexibility index (Phi) is 8.35. The van der Waals surface area contributed by atoms with E-state index < -0.39 is 0 Å². The van der Waals surface area contributed by atoms with E-state index in [0.29, 0.717) is 6.42 Å². The Morgan fingerprint density at radius 2 is 1.82 bits per heavy atom. The van der Waals surface area contributed by atoms with Gasteiger partial charge >= 0.3 is 0 Å². The highest BCUT2D eigenvalue weighted by Gasteiger charge is 2.06. The molecule has 2 aromatic carbocycles. The largest absolute Gasteiger partial charge is 0.295 e. The van der Waals surface area contributed by atoms with E-state index in [2.05, 4.69) is 44.9 Å². The molecule has 2 rings (SSSR count). The van der Waals surface area contributed by atoms with Crippen molar-refractivity contribution in [1.82, 2.24) is 0 Å². The molecule has 2 aromatic rings. The molecular formula is C25H27ClOS. The summed E-state index contributed by atoms with van der Waals surface area (Å²) in [6.07, 6.45) is 4.94. The van der Waals surface area contributed by atoms with Crippen LogP contribution >= 0.6 is 23.4 Å². The third-order valence-corrected chi connectivity index (χ3v) is 5.81. The summed E-state index contributed by atoms with van der Waals surface area (Å²) in [7, 11) is 0. The first-order valence-electron chi connectivity index (χ1n) is 9.38. The second-order valence-corrected chi connectivity index (χ2v) is 8.41. The van der Waals surface area contributed by atoms with Crippen LogP contribution in [0.15, 0.2) is 59.4 Å². The molecule has 0 unspecified atom stereocenters. The zero-order valence-electron chi connectivity index (χ0n) is 17.0. The number of carbonyl (C=O) groups is 1. The first-order valence-corrected chi connectivity index (χ1v) is 10.6. The topological polar surface area (TPSA) is 17.1 Å². The molecule has 0 heterocycles. The highest BCUT2D eigenvalue weighted by atomic mass is 35.5. The second-order valence-electron chi connectivity index (χ2n) is 6.93. The van der Waals surface area contributed by atoms with Crippen molar-refractivity contribution < 1.29 is 4.79 Å². The Morgan fingerprint density at radius 1 is 1.14 bits per heavy atom. The van der Waals surface area contributed by atoms with Crippen LogP contribution < -0.4 is 0 Å². The molecule has 0 spiro atoms. The van der Waals surface area contributed by atoms with Gasteiger partial charge in [0.1, 0.15) is 0 Å². The van der Waals surface area contributed by atoms with E-state index in [0.717, 1.165) is 27.5 Å². The molecule has 0 saturated carbocycles. The van der Waals surface area contributed by atoms with E-state index >= 15 is 0 Å². The molecule has 0 aliphatic carbocycles. The zero-order valence-corrected chi connectivity index (χ0v) is 18.6. The SMILES string of the molecule is C=C(Cc1cc(C)c(/C=C/C(=O)CC)cc1C)S/C=C(\C)c1ccc(Cl)cc1. The quantitative estimate of drug-likeness (QED) is 0.413. The maximum absolute atomic E-state index is 11.5. The van der Waals surface area contributed by atoms with Crippen LogP contribution in [-0.4, -0.2) is 5.78 Å². The molecule has 0 aromatic heterocycles. The molecular weight excluding hydrogens is 384 g/mol. The number of benzene rings is 2. The van der Waals surface area contributed by atoms with Crippen LogP contribution in [0.25, 0.3) is 11.6 Å². The predicted octanol–water partition coefficient (Wildman–Crippen LogP) is 7.80. The van der Waals surface area contributed by atoms with E-state index in [1.54, 1.807) is 17.8 Å². The molecule has 0 aliphatic heterocycles. The van der Waals surface area contributed by atoms with Crippen molar-refractivity contribution >= 4 is 40.8 Å². The van der Waals surface area contributed by atoms with Crippen LogP contribution in [-0.2, 0) is 11.2 Å². The molecule has 0 N–H and O–H groups in total. The Hall–Kier alpha value is -2.03. The highest BCUT2D eigenvalue weighted by molar-refractivity contribution is 8.05. The van der Waals surface area contributed by atoms with Gasteiger partial charge in [0.15, 0.2) is 5.78 Å². The Bertz CT molecular complexity index is 920. The van der Waals surface area contributed by atoms with Gasteiger partial charge in [0, 0.05) is 17.9 Å². The predicted molar refractivity (Wildman–Crippen MR) is 126 cm³/mol. The Balaban J connectivity index is 2.06. The number of carbonyl (C=O) groups excluding carboxylic acids is 1. The van der Waals surface area contributed by atoms with E-state index in [1.807, 2.05) is 37.3 Å². The van der Waals surface area contributed by atoms with Crippen molar-refractivity contribution in [3.8, 4) is 0 Å². The lowest BCUT2D eigenvalue weighted by atomic mass is 9.97. The van der Waals surface area contributed by atoms with Gasteiger partial charge in [-0.3, -0.25) is 4.79 Å². The van der Waals surface area contributed by atoms with Gasteiger partial charge in [-0.05, 0) is 82.7 Å². The van der Waals surface area contributed by atoms with Crippen LogP contribution in [0.1, 0.15) is 48.1 Å². The van der Waals surface area contributed by atoms with E-state index in [-0.39, 0.29) is 5.78 Å². The third kappa shape index (κ3) is 6.54. The Morgan fingerprint density at radius 3 is 2.46 bits per heavy atom. The fraction of sp³-hybridized carbons (Fsp3) is 0.240. The van der Waals surface area contributed by atoms with Crippen LogP contribution in [0.4, 0.5) is 0 Å². The minimum absolute atomic E-state index is 0.147. The van der Waals surface area contributed by atoms with Gasteiger partial charge in [-0.2, -0.15) is 0 Å². The smallest absolute Gasteiger partial charge is 0.155 e. The fourth-order valence-corrected chi connectivity index (χ4v) is 3.62. The standard InChI is InChI=1S/C25H27ClOS/c1-6-25(27)12-9-22-13-18(3)23(14-17(22)2)15-20(5)28-16-19(4)21-7-10-24(26)11-8-21/h7-14,16H,5-6,15H2,1-4H3/b12-9+,19-16+. The summed E-state index contributed by atoms with van der Waals surface area (Å²) in [5.74, 6) is 0.147. The molecule has 3 heteroatoms. The van der Waals surface area contributed by atoms with Crippen molar-refractivity contribution in [3.63, 3.8) is 0 Å². The lowest BCUT2D eigenvalue weighted by molar-refractivity contribution is -0.114. The highest BCUT2D eigenvalue weighted by Crippen LogP contribution is 2.28. The van der Waals surface area contributed by atoms with Gasteiger partial charge < -0.3 is 0 Å². The van der Waals surface area contributed by atoms with E-state index in [9.17, 15) is 4.79 Å². The average molecular weight is 411 g/mol. The van der Waals surface area contributed by atoms with Crippen LogP contribution in [0.5, 0.6) is 0 Å². The summed E-state index contributed by atoms with van der Waals surface area (Å²) < 4.78 is 0. The molecule has 0 radical (unpaired) electrons. The number of halogens is 1. The van der Waals surface area contributed by atoms with Crippen molar-refractivity contribution in [2.24, 2.45) is 0 Å². The summed E-state index contributed by atoms with van der Waals surface area (Å²) in [5.41, 5.74) is 7.11. The minimum Gasteiger partial charge on any atom is -0.295 e. The van der Waals surface area contributed by atoms with Gasteiger partial charge in [-0.1, -0.05) is 55.4 Å². The molecule has 1 nitrogen and oxygen atoms in total. The number of hydrogen-bond acceptors (Lipinski definition) is 2. The third-order valence-electron chi connectivity index (χ3n) is 4.61. The number of thioether (sulfide) groups is 1. The lowest BCUT2D eigenvalue weighted by Crippen LogP contribution is -1.95. The molecule has 0 bridgehead atoms. The van der Waals surface area contributed by atoms with Gasteiger partial charge in [0.2, 0.25) is 0 Å². The summed E-state index contributed by atoms with van der Waals surface area (Å²) in [6.45, 7) is 12.4. The number of rotatable bonds is 8. The summed E-state index contributed by atoms with van der Waals surface area (Å²) in [6, 6.07) is 12.2. The molecule has 0 fully saturated rings. The second kappa shape index (κ2) is 10.5. The van der Waals surface area contributed by atoms with Gasteiger partial charge in [-0.15, -0.1) is 11.8 Å². The van der Waals surface area contributed by atoms with Gasteiger partial charge in [-0.25, -0.2) is 0 Å². The molecule has 0 amide bonds. The number of aryl methyl sites for hydroxylation is 2. The van der Waals surface area contributed by atoms with Crippen molar-refractivity contribution in [2.45, 2.75) is 40.5 Å². The maximum Gasteiger partial charge on any atom is 0.155 e. The maximum atomic E-state index is 11.5. The lowest BCUT2D eigenvalue weighted by Gasteiger charge is -2.11.